The number of rotatable bonds is 6. The Morgan fingerprint density at radius 3 is 2.17 bits per heavy atom. The molecule has 41 heavy (non-hydrogen) atoms. The second kappa shape index (κ2) is 9.66. The Morgan fingerprint density at radius 2 is 1.59 bits per heavy atom. The first-order valence-electron chi connectivity index (χ1n) is 13.7. The molecular formula is C29H28Cl3N5O3S. The lowest BCUT2D eigenvalue weighted by atomic mass is 9.53. The second-order valence-corrected chi connectivity index (χ2v) is 14.9. The molecule has 2 aromatic carbocycles. The Hall–Kier alpha value is -2.72. The predicted molar refractivity (Wildman–Crippen MR) is 162 cm³/mol. The van der Waals surface area contributed by atoms with Crippen molar-refractivity contribution in [2.24, 2.45) is 23.5 Å². The minimum Gasteiger partial charge on any atom is -0.377 e. The lowest BCUT2D eigenvalue weighted by molar-refractivity contribution is -0.116. The number of benzene rings is 2. The Kier molecular flexibility index (Phi) is 6.39. The summed E-state index contributed by atoms with van der Waals surface area (Å²) in [7, 11) is -4.11. The molecule has 1 amide bonds. The van der Waals surface area contributed by atoms with Crippen LogP contribution in [0.15, 0.2) is 47.9 Å². The minimum absolute atomic E-state index is 0.193. The van der Waals surface area contributed by atoms with Gasteiger partial charge in [0.15, 0.2) is 0 Å². The molecule has 0 atom stereocenters. The Labute approximate surface area is 253 Å². The van der Waals surface area contributed by atoms with E-state index in [4.69, 9.17) is 45.6 Å². The van der Waals surface area contributed by atoms with E-state index in [1.165, 1.54) is 24.7 Å². The molecule has 4 aliphatic carbocycles. The van der Waals surface area contributed by atoms with Crippen molar-refractivity contribution in [2.75, 3.05) is 10.8 Å². The number of nitrogens with one attached hydrogen (secondary N) is 1. The molecule has 1 aromatic heterocycles. The number of carbonyl (C=O) groups is 1. The standard InChI is InChI=1S/C29H28Cl3N5O3S/c30-20-3-1-19(2-4-20)27-28-26(35-37(27)24-6-5-21(31)10-22(24)32)23(15-41(39,40)36(28)14-25(33)38)34-29-11-16-7-17(12-29)9-18(8-16)13-29/h1-6,10,15-18,34H,7-9,11-14H2,(H2,33,38). The van der Waals surface area contributed by atoms with Crippen LogP contribution in [0.25, 0.3) is 22.6 Å². The van der Waals surface area contributed by atoms with Gasteiger partial charge >= 0.3 is 0 Å². The molecule has 1 aliphatic heterocycles. The molecule has 214 valence electrons. The number of sulfonamides is 1. The average Bonchev–Trinajstić information content (AvgIpc) is 3.26. The number of anilines is 1. The highest BCUT2D eigenvalue weighted by atomic mass is 35.5. The maximum atomic E-state index is 13.9. The van der Waals surface area contributed by atoms with Gasteiger partial charge in [-0.1, -0.05) is 46.9 Å². The SMILES string of the molecule is NC(=O)CN1c2c(nn(-c3ccc(Cl)cc3Cl)c2-c2ccc(Cl)cc2)C(NC23CC4CC(CC(C4)C2)C3)=CS1(=O)=O. The summed E-state index contributed by atoms with van der Waals surface area (Å²) >= 11 is 19.1. The highest BCUT2D eigenvalue weighted by Gasteiger charge is 2.52. The summed E-state index contributed by atoms with van der Waals surface area (Å²) in [5.74, 6) is 1.16. The zero-order valence-corrected chi connectivity index (χ0v) is 25.1. The second-order valence-electron chi connectivity index (χ2n) is 11.9. The maximum absolute atomic E-state index is 13.9. The van der Waals surface area contributed by atoms with E-state index in [1.807, 2.05) is 0 Å². The number of halogens is 3. The number of nitrogens with two attached hydrogens (primary N) is 1. The van der Waals surface area contributed by atoms with E-state index in [0.29, 0.717) is 61.2 Å². The van der Waals surface area contributed by atoms with Gasteiger partial charge in [-0.15, -0.1) is 0 Å². The molecule has 0 spiro atoms. The predicted octanol–water partition coefficient (Wildman–Crippen LogP) is 5.99. The van der Waals surface area contributed by atoms with Gasteiger partial charge in [-0.3, -0.25) is 9.10 Å². The summed E-state index contributed by atoms with van der Waals surface area (Å²) < 4.78 is 30.4. The van der Waals surface area contributed by atoms with Crippen molar-refractivity contribution in [3.05, 3.63) is 68.6 Å². The third-order valence-electron chi connectivity index (χ3n) is 8.93. The van der Waals surface area contributed by atoms with Crippen LogP contribution in [0, 0.1) is 17.8 Å². The smallest absolute Gasteiger partial charge is 0.260 e. The van der Waals surface area contributed by atoms with Gasteiger partial charge in [-0.05, 0) is 86.6 Å². The third kappa shape index (κ3) is 4.71. The summed E-state index contributed by atoms with van der Waals surface area (Å²) in [6, 6.07) is 12.0. The van der Waals surface area contributed by atoms with Crippen molar-refractivity contribution in [3.8, 4) is 16.9 Å². The Morgan fingerprint density at radius 1 is 0.976 bits per heavy atom. The molecule has 0 unspecified atom stereocenters. The van der Waals surface area contributed by atoms with E-state index in [-0.39, 0.29) is 11.2 Å². The van der Waals surface area contributed by atoms with Gasteiger partial charge in [0.1, 0.15) is 17.9 Å². The molecule has 4 saturated carbocycles. The van der Waals surface area contributed by atoms with Crippen LogP contribution in [-0.2, 0) is 14.8 Å². The molecule has 2 heterocycles. The van der Waals surface area contributed by atoms with Crippen LogP contribution in [0.1, 0.15) is 44.2 Å². The van der Waals surface area contributed by atoms with E-state index >= 15 is 0 Å². The van der Waals surface area contributed by atoms with Gasteiger partial charge in [-0.2, -0.15) is 5.10 Å². The number of aromatic nitrogens is 2. The summed E-state index contributed by atoms with van der Waals surface area (Å²) in [5.41, 5.74) is 8.04. The highest BCUT2D eigenvalue weighted by Crippen LogP contribution is 2.56. The van der Waals surface area contributed by atoms with Crippen LogP contribution in [0.3, 0.4) is 0 Å². The van der Waals surface area contributed by atoms with Crippen LogP contribution >= 0.6 is 34.8 Å². The van der Waals surface area contributed by atoms with Crippen molar-refractivity contribution in [1.82, 2.24) is 15.1 Å². The zero-order chi connectivity index (χ0) is 28.7. The van der Waals surface area contributed by atoms with Crippen LogP contribution in [0.4, 0.5) is 5.69 Å². The molecule has 4 fully saturated rings. The lowest BCUT2D eigenvalue weighted by Gasteiger charge is -2.57. The summed E-state index contributed by atoms with van der Waals surface area (Å²) in [4.78, 5) is 12.2. The number of fused-ring (bicyclic) bond motifs is 1. The largest absolute Gasteiger partial charge is 0.377 e. The fourth-order valence-corrected chi connectivity index (χ4v) is 9.81. The summed E-state index contributed by atoms with van der Waals surface area (Å²) in [6.07, 6.45) is 6.76. The van der Waals surface area contributed by atoms with Crippen molar-refractivity contribution in [3.63, 3.8) is 0 Å². The number of primary amides is 1. The number of hydrogen-bond donors (Lipinski definition) is 2. The highest BCUT2D eigenvalue weighted by molar-refractivity contribution is 7.96. The summed E-state index contributed by atoms with van der Waals surface area (Å²) in [6.45, 7) is -0.545. The first kappa shape index (κ1) is 27.1. The van der Waals surface area contributed by atoms with Crippen molar-refractivity contribution >= 4 is 62.1 Å². The van der Waals surface area contributed by atoms with Crippen molar-refractivity contribution in [2.45, 2.75) is 44.1 Å². The van der Waals surface area contributed by atoms with Crippen LogP contribution in [0.5, 0.6) is 0 Å². The van der Waals surface area contributed by atoms with Crippen LogP contribution in [0.2, 0.25) is 15.1 Å². The molecule has 3 aromatic rings. The van der Waals surface area contributed by atoms with Crippen molar-refractivity contribution in [1.29, 1.82) is 0 Å². The Balaban J connectivity index is 1.46. The number of amides is 1. The number of carbonyl (C=O) groups excluding carboxylic acids is 1. The molecule has 8 nitrogen and oxygen atoms in total. The van der Waals surface area contributed by atoms with Gasteiger partial charge in [0, 0.05) is 21.1 Å². The molecule has 12 heteroatoms. The van der Waals surface area contributed by atoms with E-state index in [9.17, 15) is 13.2 Å². The number of nitrogens with zero attached hydrogens (tertiary/aromatic N) is 3. The topological polar surface area (TPSA) is 110 Å². The first-order valence-corrected chi connectivity index (χ1v) is 16.3. The van der Waals surface area contributed by atoms with Gasteiger partial charge in [0.2, 0.25) is 5.91 Å². The monoisotopic (exact) mass is 631 g/mol. The van der Waals surface area contributed by atoms with Crippen LogP contribution < -0.4 is 15.4 Å². The molecular weight excluding hydrogens is 605 g/mol. The molecule has 5 aliphatic rings. The van der Waals surface area contributed by atoms with E-state index in [1.54, 1.807) is 47.1 Å². The maximum Gasteiger partial charge on any atom is 0.260 e. The van der Waals surface area contributed by atoms with Gasteiger partial charge in [-0.25, -0.2) is 13.1 Å². The summed E-state index contributed by atoms with van der Waals surface area (Å²) in [5, 5.41) is 11.2. The molecule has 3 N–H and O–H groups in total. The Bertz CT molecular complexity index is 1680. The quantitative estimate of drug-likeness (QED) is 0.347. The fraction of sp³-hybridized carbons (Fsp3) is 0.379. The number of hydrogen-bond acceptors (Lipinski definition) is 5. The van der Waals surface area contributed by atoms with E-state index in [2.05, 4.69) is 5.32 Å². The lowest BCUT2D eigenvalue weighted by Crippen LogP contribution is -2.58. The van der Waals surface area contributed by atoms with Gasteiger partial charge in [0.05, 0.1) is 27.5 Å². The normalized spacial score (nSPS) is 27.4. The zero-order valence-electron chi connectivity index (χ0n) is 22.0. The van der Waals surface area contributed by atoms with E-state index < -0.39 is 22.5 Å². The van der Waals surface area contributed by atoms with Gasteiger partial charge < -0.3 is 11.1 Å². The average molecular weight is 633 g/mol. The van der Waals surface area contributed by atoms with E-state index in [0.717, 1.165) is 23.6 Å². The minimum atomic E-state index is -4.11. The van der Waals surface area contributed by atoms with Crippen molar-refractivity contribution < 1.29 is 13.2 Å². The molecule has 4 bridgehead atoms. The fourth-order valence-electron chi connectivity index (χ4n) is 7.87. The molecule has 8 rings (SSSR count). The molecule has 0 radical (unpaired) electrons. The van der Waals surface area contributed by atoms with Crippen LogP contribution in [-0.4, -0.2) is 36.2 Å². The van der Waals surface area contributed by atoms with Gasteiger partial charge in [0.25, 0.3) is 10.0 Å². The first-order chi connectivity index (χ1) is 19.5. The molecule has 0 saturated heterocycles. The third-order valence-corrected chi connectivity index (χ3v) is 11.2.